The summed E-state index contributed by atoms with van der Waals surface area (Å²) in [5, 5.41) is 6.12. The number of amides is 1. The van der Waals surface area contributed by atoms with Crippen LogP contribution in [0.3, 0.4) is 0 Å². The van der Waals surface area contributed by atoms with Gasteiger partial charge in [0.25, 0.3) is 0 Å². The smallest absolute Gasteiger partial charge is 0.221 e. The highest BCUT2D eigenvalue weighted by Crippen LogP contribution is 2.07. The Hall–Kier alpha value is -0.610. The molecule has 1 heterocycles. The van der Waals surface area contributed by atoms with Gasteiger partial charge in [0.2, 0.25) is 5.91 Å². The molecule has 1 fully saturated rings. The number of carbonyl (C=O) groups excluding carboxylic acids is 1. The Balaban J connectivity index is 1.94. The number of carbonyl (C=O) groups is 1. The van der Waals surface area contributed by atoms with E-state index < -0.39 is 0 Å². The van der Waals surface area contributed by atoms with Crippen LogP contribution in [0, 0.1) is 0 Å². The van der Waals surface area contributed by atoms with Gasteiger partial charge >= 0.3 is 0 Å². The predicted molar refractivity (Wildman–Crippen MR) is 66.5 cm³/mol. The van der Waals surface area contributed by atoms with E-state index in [-0.39, 0.29) is 5.91 Å². The number of nitrogens with zero attached hydrogens (tertiary/aromatic N) is 1. The summed E-state index contributed by atoms with van der Waals surface area (Å²) in [4.78, 5) is 13.8. The lowest BCUT2D eigenvalue weighted by Gasteiger charge is -2.26. The van der Waals surface area contributed by atoms with Crippen LogP contribution in [0.2, 0.25) is 0 Å². The third kappa shape index (κ3) is 6.08. The van der Waals surface area contributed by atoms with E-state index in [1.165, 1.54) is 32.4 Å². The second-order valence-electron chi connectivity index (χ2n) is 4.36. The van der Waals surface area contributed by atoms with Crippen molar-refractivity contribution in [3.63, 3.8) is 0 Å². The molecule has 0 aromatic carbocycles. The van der Waals surface area contributed by atoms with Gasteiger partial charge in [0.1, 0.15) is 0 Å². The van der Waals surface area contributed by atoms with Gasteiger partial charge in [-0.3, -0.25) is 4.79 Å². The van der Waals surface area contributed by atoms with Crippen LogP contribution < -0.4 is 10.6 Å². The Morgan fingerprint density at radius 1 is 1.19 bits per heavy atom. The van der Waals surface area contributed by atoms with Gasteiger partial charge in [-0.15, -0.1) is 0 Å². The normalized spacial score (nSPS) is 17.3. The lowest BCUT2D eigenvalue weighted by Crippen LogP contribution is -2.38. The minimum absolute atomic E-state index is 0.165. The van der Waals surface area contributed by atoms with Crippen LogP contribution in [-0.2, 0) is 4.79 Å². The average molecular weight is 227 g/mol. The van der Waals surface area contributed by atoms with E-state index in [9.17, 15) is 4.79 Å². The van der Waals surface area contributed by atoms with Crippen molar-refractivity contribution < 1.29 is 4.79 Å². The molecule has 94 valence electrons. The Labute approximate surface area is 98.8 Å². The van der Waals surface area contributed by atoms with Gasteiger partial charge in [0, 0.05) is 26.1 Å². The molecule has 0 bridgehead atoms. The molecular weight excluding hydrogens is 202 g/mol. The van der Waals surface area contributed by atoms with Crippen LogP contribution in [0.5, 0.6) is 0 Å². The standard InChI is InChI=1S/C12H25N3O/c1-2-13-7-6-12(16)14-8-11-15-9-4-3-5-10-15/h13H,2-11H2,1H3,(H,14,16). The van der Waals surface area contributed by atoms with Gasteiger partial charge < -0.3 is 15.5 Å². The summed E-state index contributed by atoms with van der Waals surface area (Å²) in [6.45, 7) is 7.97. The largest absolute Gasteiger partial charge is 0.355 e. The van der Waals surface area contributed by atoms with Crippen molar-refractivity contribution in [3.05, 3.63) is 0 Å². The molecule has 0 aliphatic carbocycles. The molecule has 4 heteroatoms. The zero-order valence-corrected chi connectivity index (χ0v) is 10.4. The Morgan fingerprint density at radius 3 is 2.62 bits per heavy atom. The van der Waals surface area contributed by atoms with E-state index >= 15 is 0 Å². The topological polar surface area (TPSA) is 44.4 Å². The van der Waals surface area contributed by atoms with Crippen molar-refractivity contribution in [2.45, 2.75) is 32.6 Å². The van der Waals surface area contributed by atoms with Crippen LogP contribution >= 0.6 is 0 Å². The fraction of sp³-hybridized carbons (Fsp3) is 0.917. The monoisotopic (exact) mass is 227 g/mol. The van der Waals surface area contributed by atoms with E-state index in [2.05, 4.69) is 15.5 Å². The average Bonchev–Trinajstić information content (AvgIpc) is 2.31. The highest BCUT2D eigenvalue weighted by molar-refractivity contribution is 5.76. The Morgan fingerprint density at radius 2 is 1.94 bits per heavy atom. The maximum atomic E-state index is 11.4. The zero-order chi connectivity index (χ0) is 11.6. The van der Waals surface area contributed by atoms with Gasteiger partial charge in [-0.1, -0.05) is 13.3 Å². The number of hydrogen-bond acceptors (Lipinski definition) is 3. The molecule has 4 nitrogen and oxygen atoms in total. The summed E-state index contributed by atoms with van der Waals surface area (Å²) in [7, 11) is 0. The van der Waals surface area contributed by atoms with Gasteiger partial charge in [0.15, 0.2) is 0 Å². The number of rotatable bonds is 7. The van der Waals surface area contributed by atoms with Crippen LogP contribution in [0.25, 0.3) is 0 Å². The highest BCUT2D eigenvalue weighted by atomic mass is 16.1. The quantitative estimate of drug-likeness (QED) is 0.626. The van der Waals surface area contributed by atoms with Crippen LogP contribution in [0.15, 0.2) is 0 Å². The van der Waals surface area contributed by atoms with E-state index in [0.717, 1.165) is 26.2 Å². The summed E-state index contributed by atoms with van der Waals surface area (Å²) in [5.41, 5.74) is 0. The lowest BCUT2D eigenvalue weighted by atomic mass is 10.1. The Kier molecular flexibility index (Phi) is 7.17. The van der Waals surface area contributed by atoms with Crippen LogP contribution in [0.1, 0.15) is 32.6 Å². The first kappa shape index (κ1) is 13.5. The molecule has 0 aromatic rings. The van der Waals surface area contributed by atoms with Crippen molar-refractivity contribution in [2.75, 3.05) is 39.3 Å². The van der Waals surface area contributed by atoms with E-state index in [4.69, 9.17) is 0 Å². The van der Waals surface area contributed by atoms with Crippen molar-refractivity contribution in [2.24, 2.45) is 0 Å². The number of piperidine rings is 1. The summed E-state index contributed by atoms with van der Waals surface area (Å²) in [6, 6.07) is 0. The molecule has 2 N–H and O–H groups in total. The van der Waals surface area contributed by atoms with Gasteiger partial charge in [0.05, 0.1) is 0 Å². The van der Waals surface area contributed by atoms with Gasteiger partial charge in [-0.2, -0.15) is 0 Å². The molecule has 0 spiro atoms. The molecule has 1 rings (SSSR count). The van der Waals surface area contributed by atoms with Gasteiger partial charge in [-0.25, -0.2) is 0 Å². The predicted octanol–water partition coefficient (Wildman–Crippen LogP) is 0.588. The zero-order valence-electron chi connectivity index (χ0n) is 10.4. The fourth-order valence-electron chi connectivity index (χ4n) is 2.00. The van der Waals surface area contributed by atoms with Gasteiger partial charge in [-0.05, 0) is 32.5 Å². The minimum atomic E-state index is 0.165. The molecule has 1 amide bonds. The first-order valence-corrected chi connectivity index (χ1v) is 6.52. The molecule has 16 heavy (non-hydrogen) atoms. The summed E-state index contributed by atoms with van der Waals surface area (Å²) in [6.07, 6.45) is 4.59. The number of likely N-dealkylation sites (tertiary alicyclic amines) is 1. The molecule has 0 saturated carbocycles. The van der Waals surface area contributed by atoms with E-state index in [1.807, 2.05) is 6.92 Å². The van der Waals surface area contributed by atoms with E-state index in [1.54, 1.807) is 0 Å². The fourth-order valence-corrected chi connectivity index (χ4v) is 2.00. The second kappa shape index (κ2) is 8.53. The molecule has 0 atom stereocenters. The summed E-state index contributed by atoms with van der Waals surface area (Å²) >= 11 is 0. The first-order valence-electron chi connectivity index (χ1n) is 6.52. The number of hydrogen-bond donors (Lipinski definition) is 2. The molecule has 0 unspecified atom stereocenters. The molecule has 1 saturated heterocycles. The lowest BCUT2D eigenvalue weighted by molar-refractivity contribution is -0.121. The second-order valence-corrected chi connectivity index (χ2v) is 4.36. The Bertz CT molecular complexity index is 191. The molecule has 1 aliphatic heterocycles. The summed E-state index contributed by atoms with van der Waals surface area (Å²) < 4.78 is 0. The van der Waals surface area contributed by atoms with Crippen molar-refractivity contribution in [1.82, 2.24) is 15.5 Å². The maximum absolute atomic E-state index is 11.4. The highest BCUT2D eigenvalue weighted by Gasteiger charge is 2.09. The maximum Gasteiger partial charge on any atom is 0.221 e. The van der Waals surface area contributed by atoms with Crippen LogP contribution in [0.4, 0.5) is 0 Å². The van der Waals surface area contributed by atoms with Crippen LogP contribution in [-0.4, -0.2) is 50.1 Å². The first-order chi connectivity index (χ1) is 7.83. The van der Waals surface area contributed by atoms with E-state index in [0.29, 0.717) is 6.42 Å². The molecule has 0 radical (unpaired) electrons. The van der Waals surface area contributed by atoms with Crippen molar-refractivity contribution in [1.29, 1.82) is 0 Å². The molecule has 0 aromatic heterocycles. The third-order valence-electron chi connectivity index (χ3n) is 2.98. The summed E-state index contributed by atoms with van der Waals surface area (Å²) in [5.74, 6) is 0.165. The molecule has 1 aliphatic rings. The van der Waals surface area contributed by atoms with Crippen molar-refractivity contribution >= 4 is 5.91 Å². The van der Waals surface area contributed by atoms with Crippen molar-refractivity contribution in [3.8, 4) is 0 Å². The molecular formula is C12H25N3O. The number of nitrogens with one attached hydrogen (secondary N) is 2. The SMILES string of the molecule is CCNCCC(=O)NCCN1CCCCC1. The third-order valence-corrected chi connectivity index (χ3v) is 2.98. The minimum Gasteiger partial charge on any atom is -0.355 e.